The van der Waals surface area contributed by atoms with E-state index < -0.39 is 0 Å². The molecule has 1 aromatic rings. The summed E-state index contributed by atoms with van der Waals surface area (Å²) >= 11 is 0. The topological polar surface area (TPSA) is 61.1 Å². The second kappa shape index (κ2) is 7.09. The van der Waals surface area contributed by atoms with Crippen LogP contribution in [0, 0.1) is 12.8 Å². The molecule has 0 unspecified atom stereocenters. The molecule has 0 bridgehead atoms. The zero-order valence-corrected chi connectivity index (χ0v) is 14.9. The summed E-state index contributed by atoms with van der Waals surface area (Å²) in [5.41, 5.74) is 0.655. The van der Waals surface area contributed by atoms with Crippen molar-refractivity contribution in [3.8, 4) is 0 Å². The maximum Gasteiger partial charge on any atom is 0.290 e. The Kier molecular flexibility index (Phi) is 4.84. The van der Waals surface area contributed by atoms with Crippen molar-refractivity contribution in [3.05, 3.63) is 23.7 Å². The van der Waals surface area contributed by atoms with Crippen molar-refractivity contribution in [2.75, 3.05) is 39.5 Å². The first-order valence-electron chi connectivity index (χ1n) is 9.32. The molecule has 1 spiro atoms. The van der Waals surface area contributed by atoms with Crippen LogP contribution in [0.5, 0.6) is 0 Å². The number of aryl methyl sites for hydroxylation is 1. The van der Waals surface area contributed by atoms with Gasteiger partial charge in [-0.1, -0.05) is 0 Å². The molecule has 138 valence electrons. The number of nitrogens with zero attached hydrogens (tertiary/aromatic N) is 1. The van der Waals surface area contributed by atoms with E-state index in [2.05, 4.69) is 0 Å². The molecule has 3 aliphatic heterocycles. The van der Waals surface area contributed by atoms with Crippen molar-refractivity contribution in [2.24, 2.45) is 5.92 Å². The van der Waals surface area contributed by atoms with E-state index in [1.165, 1.54) is 0 Å². The molecule has 0 aliphatic carbocycles. The molecule has 0 N–H and O–H groups in total. The normalized spacial score (nSPS) is 26.6. The van der Waals surface area contributed by atoms with E-state index in [4.69, 9.17) is 18.6 Å². The second-order valence-electron chi connectivity index (χ2n) is 7.63. The predicted molar refractivity (Wildman–Crippen MR) is 90.5 cm³/mol. The maximum atomic E-state index is 12.5. The Morgan fingerprint density at radius 3 is 2.80 bits per heavy atom. The molecule has 0 aromatic carbocycles. The van der Waals surface area contributed by atoms with E-state index >= 15 is 0 Å². The van der Waals surface area contributed by atoms with Crippen LogP contribution in [-0.4, -0.2) is 62.0 Å². The molecule has 1 atom stereocenters. The molecular weight excluding hydrogens is 322 g/mol. The fourth-order valence-corrected chi connectivity index (χ4v) is 4.06. The highest BCUT2D eigenvalue weighted by Gasteiger charge is 2.50. The number of ether oxygens (including phenoxy) is 3. The second-order valence-corrected chi connectivity index (χ2v) is 7.63. The number of furan rings is 1. The van der Waals surface area contributed by atoms with Gasteiger partial charge in [0.05, 0.1) is 25.5 Å². The Morgan fingerprint density at radius 2 is 2.08 bits per heavy atom. The van der Waals surface area contributed by atoms with Crippen molar-refractivity contribution in [1.82, 2.24) is 4.90 Å². The number of carbonyl (C=O) groups is 1. The van der Waals surface area contributed by atoms with Gasteiger partial charge in [-0.15, -0.1) is 0 Å². The van der Waals surface area contributed by atoms with Gasteiger partial charge < -0.3 is 23.5 Å². The minimum atomic E-state index is -0.227. The van der Waals surface area contributed by atoms with Gasteiger partial charge in [-0.25, -0.2) is 0 Å². The van der Waals surface area contributed by atoms with Gasteiger partial charge in [0.1, 0.15) is 5.60 Å². The largest absolute Gasteiger partial charge is 0.459 e. The molecule has 4 heterocycles. The number of rotatable bonds is 4. The summed E-state index contributed by atoms with van der Waals surface area (Å²) in [7, 11) is 0. The summed E-state index contributed by atoms with van der Waals surface area (Å²) < 4.78 is 22.9. The molecule has 3 aliphatic rings. The lowest BCUT2D eigenvalue weighted by molar-refractivity contribution is -0.189. The first kappa shape index (κ1) is 17.1. The third-order valence-corrected chi connectivity index (χ3v) is 5.66. The first-order chi connectivity index (χ1) is 12.2. The summed E-state index contributed by atoms with van der Waals surface area (Å²) in [6.45, 7) is 6.39. The van der Waals surface area contributed by atoms with Gasteiger partial charge in [-0.05, 0) is 38.2 Å². The Balaban J connectivity index is 1.27. The number of likely N-dealkylation sites (tertiary alicyclic amines) is 1. The lowest BCUT2D eigenvalue weighted by atomic mass is 9.84. The Hall–Kier alpha value is -1.37. The van der Waals surface area contributed by atoms with E-state index in [0.717, 1.165) is 51.1 Å². The molecular formula is C19H27NO5. The zero-order valence-electron chi connectivity index (χ0n) is 14.9. The van der Waals surface area contributed by atoms with Gasteiger partial charge >= 0.3 is 0 Å². The monoisotopic (exact) mass is 349 g/mol. The van der Waals surface area contributed by atoms with E-state index in [-0.39, 0.29) is 17.6 Å². The third-order valence-electron chi connectivity index (χ3n) is 5.66. The number of carbonyl (C=O) groups excluding carboxylic acids is 1. The smallest absolute Gasteiger partial charge is 0.290 e. The van der Waals surface area contributed by atoms with Crippen LogP contribution in [0.15, 0.2) is 16.7 Å². The maximum absolute atomic E-state index is 12.5. The SMILES string of the molecule is Cc1ccoc1C(=O)N1CC2(C[C@@H](OCC3CCOCC3)CCO2)C1. The first-order valence-corrected chi connectivity index (χ1v) is 9.32. The van der Waals surface area contributed by atoms with Crippen molar-refractivity contribution < 1.29 is 23.4 Å². The summed E-state index contributed by atoms with van der Waals surface area (Å²) in [6, 6.07) is 1.82. The molecule has 6 nitrogen and oxygen atoms in total. The van der Waals surface area contributed by atoms with E-state index in [9.17, 15) is 4.79 Å². The Bertz CT molecular complexity index is 601. The van der Waals surface area contributed by atoms with Gasteiger partial charge in [0, 0.05) is 38.4 Å². The van der Waals surface area contributed by atoms with Gasteiger partial charge in [0.25, 0.3) is 5.91 Å². The van der Waals surface area contributed by atoms with Crippen molar-refractivity contribution in [3.63, 3.8) is 0 Å². The summed E-state index contributed by atoms with van der Waals surface area (Å²) in [4.78, 5) is 14.3. The number of hydrogen-bond donors (Lipinski definition) is 0. The summed E-state index contributed by atoms with van der Waals surface area (Å²) in [5, 5.41) is 0. The zero-order chi connectivity index (χ0) is 17.3. The fraction of sp³-hybridized carbons (Fsp3) is 0.737. The third kappa shape index (κ3) is 3.61. The Morgan fingerprint density at radius 1 is 1.28 bits per heavy atom. The highest BCUT2D eigenvalue weighted by Crippen LogP contribution is 2.36. The highest BCUT2D eigenvalue weighted by molar-refractivity contribution is 5.93. The number of amides is 1. The summed E-state index contributed by atoms with van der Waals surface area (Å²) in [6.07, 6.45) is 5.81. The minimum Gasteiger partial charge on any atom is -0.459 e. The van der Waals surface area contributed by atoms with Crippen LogP contribution in [-0.2, 0) is 14.2 Å². The van der Waals surface area contributed by atoms with E-state index in [1.54, 1.807) is 6.26 Å². The molecule has 4 rings (SSSR count). The van der Waals surface area contributed by atoms with Gasteiger partial charge in [-0.3, -0.25) is 4.79 Å². The molecule has 0 radical (unpaired) electrons. The molecule has 3 saturated heterocycles. The van der Waals surface area contributed by atoms with Crippen molar-refractivity contribution >= 4 is 5.91 Å². The van der Waals surface area contributed by atoms with E-state index in [1.807, 2.05) is 17.9 Å². The molecule has 0 saturated carbocycles. The molecule has 1 aromatic heterocycles. The van der Waals surface area contributed by atoms with Crippen LogP contribution < -0.4 is 0 Å². The fourth-order valence-electron chi connectivity index (χ4n) is 4.06. The van der Waals surface area contributed by atoms with Crippen LogP contribution in [0.2, 0.25) is 0 Å². The van der Waals surface area contributed by atoms with Crippen molar-refractivity contribution in [2.45, 2.75) is 44.3 Å². The van der Waals surface area contributed by atoms with Crippen LogP contribution in [0.3, 0.4) is 0 Å². The quantitative estimate of drug-likeness (QED) is 0.835. The van der Waals surface area contributed by atoms with Crippen molar-refractivity contribution in [1.29, 1.82) is 0 Å². The molecule has 6 heteroatoms. The lowest BCUT2D eigenvalue weighted by Crippen LogP contribution is -2.67. The standard InChI is InChI=1S/C19H27NO5/c1-14-2-8-23-17(14)18(21)20-12-19(13-20)10-16(5-9-25-19)24-11-15-3-6-22-7-4-15/h2,8,15-16H,3-7,9-13H2,1H3/t16-/m0/s1. The minimum absolute atomic E-state index is 0.0398. The van der Waals surface area contributed by atoms with Crippen LogP contribution in [0.1, 0.15) is 41.8 Å². The van der Waals surface area contributed by atoms with E-state index in [0.29, 0.717) is 31.4 Å². The summed E-state index contributed by atoms with van der Waals surface area (Å²) in [5.74, 6) is 1.02. The number of hydrogen-bond acceptors (Lipinski definition) is 5. The average molecular weight is 349 g/mol. The molecule has 3 fully saturated rings. The van der Waals surface area contributed by atoms with Gasteiger partial charge in [0.2, 0.25) is 0 Å². The highest BCUT2D eigenvalue weighted by atomic mass is 16.5. The van der Waals surface area contributed by atoms with Crippen LogP contribution >= 0.6 is 0 Å². The van der Waals surface area contributed by atoms with Gasteiger partial charge in [-0.2, -0.15) is 0 Å². The van der Waals surface area contributed by atoms with Crippen LogP contribution in [0.25, 0.3) is 0 Å². The molecule has 25 heavy (non-hydrogen) atoms. The Labute approximate surface area is 148 Å². The predicted octanol–water partition coefficient (Wildman–Crippen LogP) is 2.40. The lowest BCUT2D eigenvalue weighted by Gasteiger charge is -2.52. The average Bonchev–Trinajstić information content (AvgIpc) is 3.04. The molecule has 1 amide bonds. The van der Waals surface area contributed by atoms with Gasteiger partial charge in [0.15, 0.2) is 5.76 Å². The van der Waals surface area contributed by atoms with Crippen LogP contribution in [0.4, 0.5) is 0 Å².